The van der Waals surface area contributed by atoms with Crippen molar-refractivity contribution in [2.75, 3.05) is 6.61 Å². The summed E-state index contributed by atoms with van der Waals surface area (Å²) >= 11 is 0. The molecule has 4 N–H and O–H groups in total. The summed E-state index contributed by atoms with van der Waals surface area (Å²) in [5, 5.41) is 1.52. The van der Waals surface area contributed by atoms with Gasteiger partial charge in [-0.2, -0.15) is 10.1 Å². The zero-order valence-corrected chi connectivity index (χ0v) is 13.7. The molecular weight excluding hydrogens is 278 g/mol. The molecule has 1 heterocycles. The first-order valence-electron chi connectivity index (χ1n) is 7.40. The number of hydrogen-bond donors (Lipinski definition) is 2. The van der Waals surface area contributed by atoms with Gasteiger partial charge in [-0.3, -0.25) is 4.84 Å². The van der Waals surface area contributed by atoms with Gasteiger partial charge in [-0.05, 0) is 31.2 Å². The Morgan fingerprint density at radius 2 is 1.82 bits per heavy atom. The molecule has 1 aliphatic rings. The highest BCUT2D eigenvalue weighted by Gasteiger charge is 2.33. The number of hydrogen-bond acceptors (Lipinski definition) is 6. The molecule has 0 atom stereocenters. The van der Waals surface area contributed by atoms with Gasteiger partial charge in [0.1, 0.15) is 0 Å². The lowest BCUT2D eigenvalue weighted by molar-refractivity contribution is -0.160. The fourth-order valence-electron chi connectivity index (χ4n) is 2.44. The molecule has 120 valence electrons. The highest BCUT2D eigenvalue weighted by atomic mass is 16.7. The van der Waals surface area contributed by atoms with E-state index < -0.39 is 5.66 Å². The minimum Gasteiger partial charge on any atom is -0.368 e. The molecule has 0 radical (unpaired) electrons. The SMILES string of the molecule is CC(C)(CCON1C(N)=NC(N)=NC1(C)C)c1ccccc1. The molecule has 6 nitrogen and oxygen atoms in total. The Morgan fingerprint density at radius 3 is 2.41 bits per heavy atom. The van der Waals surface area contributed by atoms with Crippen molar-refractivity contribution < 1.29 is 4.84 Å². The third kappa shape index (κ3) is 3.57. The van der Waals surface area contributed by atoms with Gasteiger partial charge in [0.25, 0.3) is 0 Å². The third-order valence-electron chi connectivity index (χ3n) is 3.83. The van der Waals surface area contributed by atoms with E-state index in [0.29, 0.717) is 6.61 Å². The number of aliphatic imine (C=N–C) groups is 2. The largest absolute Gasteiger partial charge is 0.368 e. The summed E-state index contributed by atoms with van der Waals surface area (Å²) in [6.07, 6.45) is 0.843. The van der Waals surface area contributed by atoms with Gasteiger partial charge in [0, 0.05) is 0 Å². The molecule has 0 aromatic heterocycles. The molecule has 0 saturated heterocycles. The Bertz CT molecular complexity index is 577. The molecule has 0 spiro atoms. The zero-order valence-electron chi connectivity index (χ0n) is 13.7. The number of rotatable bonds is 5. The summed E-state index contributed by atoms with van der Waals surface area (Å²) in [4.78, 5) is 14.0. The molecule has 0 aliphatic carbocycles. The van der Waals surface area contributed by atoms with Crippen LogP contribution in [0.3, 0.4) is 0 Å². The maximum Gasteiger partial charge on any atom is 0.226 e. The van der Waals surface area contributed by atoms with Crippen LogP contribution in [0.25, 0.3) is 0 Å². The minimum absolute atomic E-state index is 0.00932. The van der Waals surface area contributed by atoms with E-state index in [2.05, 4.69) is 36.0 Å². The molecule has 1 aliphatic heterocycles. The van der Waals surface area contributed by atoms with Crippen molar-refractivity contribution in [1.82, 2.24) is 5.06 Å². The zero-order chi connectivity index (χ0) is 16.4. The number of guanidine groups is 2. The smallest absolute Gasteiger partial charge is 0.226 e. The lowest BCUT2D eigenvalue weighted by Gasteiger charge is -2.37. The van der Waals surface area contributed by atoms with Crippen LogP contribution in [-0.2, 0) is 10.3 Å². The Hall–Kier alpha value is -2.08. The monoisotopic (exact) mass is 303 g/mol. The van der Waals surface area contributed by atoms with Crippen molar-refractivity contribution in [3.05, 3.63) is 35.9 Å². The van der Waals surface area contributed by atoms with Crippen molar-refractivity contribution in [2.45, 2.75) is 45.2 Å². The highest BCUT2D eigenvalue weighted by molar-refractivity contribution is 5.95. The second kappa shape index (κ2) is 5.96. The quantitative estimate of drug-likeness (QED) is 0.870. The molecule has 0 amide bonds. The van der Waals surface area contributed by atoms with Gasteiger partial charge in [-0.1, -0.05) is 44.2 Å². The van der Waals surface area contributed by atoms with Crippen LogP contribution in [-0.4, -0.2) is 29.3 Å². The molecule has 6 heteroatoms. The van der Waals surface area contributed by atoms with Crippen LogP contribution < -0.4 is 11.5 Å². The molecule has 22 heavy (non-hydrogen) atoms. The standard InChI is InChI=1S/C16H25N5O/c1-15(2,12-8-6-5-7-9-12)10-11-22-21-14(18)19-13(17)20-16(21,3)4/h5-9H,10-11H2,1-4H3,(H4,17,18,19,20). The van der Waals surface area contributed by atoms with E-state index in [-0.39, 0.29) is 17.3 Å². The van der Waals surface area contributed by atoms with Crippen molar-refractivity contribution in [3.63, 3.8) is 0 Å². The van der Waals surface area contributed by atoms with Crippen LogP contribution in [0.4, 0.5) is 0 Å². The van der Waals surface area contributed by atoms with Gasteiger partial charge in [-0.25, -0.2) is 4.99 Å². The van der Waals surface area contributed by atoms with Gasteiger partial charge >= 0.3 is 0 Å². The summed E-state index contributed by atoms with van der Waals surface area (Å²) in [6.45, 7) is 8.66. The second-order valence-electron chi connectivity index (χ2n) is 6.56. The number of nitrogens with two attached hydrogens (primary N) is 2. The van der Waals surface area contributed by atoms with Gasteiger partial charge in [0.15, 0.2) is 5.66 Å². The molecule has 2 rings (SSSR count). The molecule has 0 bridgehead atoms. The molecule has 1 aromatic rings. The third-order valence-corrected chi connectivity index (χ3v) is 3.83. The van der Waals surface area contributed by atoms with Crippen LogP contribution >= 0.6 is 0 Å². The Balaban J connectivity index is 1.98. The first-order valence-corrected chi connectivity index (χ1v) is 7.40. The summed E-state index contributed by atoms with van der Waals surface area (Å²) in [7, 11) is 0. The van der Waals surface area contributed by atoms with Crippen LogP contribution in [0.15, 0.2) is 40.3 Å². The average Bonchev–Trinajstić information content (AvgIpc) is 2.42. The van der Waals surface area contributed by atoms with E-state index in [1.807, 2.05) is 32.0 Å². The lowest BCUT2D eigenvalue weighted by Crippen LogP contribution is -2.54. The topological polar surface area (TPSA) is 89.2 Å². The Kier molecular flexibility index (Phi) is 4.42. The summed E-state index contributed by atoms with van der Waals surface area (Å²) < 4.78 is 0. The van der Waals surface area contributed by atoms with Crippen molar-refractivity contribution in [3.8, 4) is 0 Å². The van der Waals surface area contributed by atoms with E-state index in [4.69, 9.17) is 16.3 Å². The van der Waals surface area contributed by atoms with Gasteiger partial charge < -0.3 is 11.5 Å². The average molecular weight is 303 g/mol. The highest BCUT2D eigenvalue weighted by Crippen LogP contribution is 2.27. The summed E-state index contributed by atoms with van der Waals surface area (Å²) in [5.41, 5.74) is 12.2. The number of benzene rings is 1. The van der Waals surface area contributed by atoms with Gasteiger partial charge in [0.05, 0.1) is 6.61 Å². The summed E-state index contributed by atoms with van der Waals surface area (Å²) in [5.74, 6) is 0.405. The molecule has 0 unspecified atom stereocenters. The van der Waals surface area contributed by atoms with Crippen molar-refractivity contribution in [2.24, 2.45) is 21.5 Å². The number of hydroxylamine groups is 2. The molecule has 1 aromatic carbocycles. The maximum atomic E-state index is 5.90. The van der Waals surface area contributed by atoms with Crippen LogP contribution in [0.1, 0.15) is 39.7 Å². The predicted octanol–water partition coefficient (Wildman–Crippen LogP) is 1.97. The van der Waals surface area contributed by atoms with Crippen molar-refractivity contribution in [1.29, 1.82) is 0 Å². The van der Waals surface area contributed by atoms with Crippen LogP contribution in [0.5, 0.6) is 0 Å². The summed E-state index contributed by atoms with van der Waals surface area (Å²) in [6, 6.07) is 10.4. The Morgan fingerprint density at radius 1 is 1.18 bits per heavy atom. The Labute approximate surface area is 131 Å². The van der Waals surface area contributed by atoms with Gasteiger partial charge in [0.2, 0.25) is 11.9 Å². The van der Waals surface area contributed by atoms with Crippen LogP contribution in [0, 0.1) is 0 Å². The fraction of sp³-hybridized carbons (Fsp3) is 0.500. The maximum absolute atomic E-state index is 5.90. The fourth-order valence-corrected chi connectivity index (χ4v) is 2.44. The predicted molar refractivity (Wildman–Crippen MR) is 89.2 cm³/mol. The molecule has 0 fully saturated rings. The normalized spacial score (nSPS) is 17.9. The molecule has 0 saturated carbocycles. The number of nitrogens with zero attached hydrogens (tertiary/aromatic N) is 3. The van der Waals surface area contributed by atoms with E-state index in [0.717, 1.165) is 6.42 Å². The minimum atomic E-state index is -0.660. The van der Waals surface area contributed by atoms with Gasteiger partial charge in [-0.15, -0.1) is 0 Å². The second-order valence-corrected chi connectivity index (χ2v) is 6.56. The van der Waals surface area contributed by atoms with E-state index in [1.54, 1.807) is 0 Å². The first-order chi connectivity index (χ1) is 10.2. The lowest BCUT2D eigenvalue weighted by atomic mass is 9.82. The molecular formula is C16H25N5O. The van der Waals surface area contributed by atoms with E-state index in [9.17, 15) is 0 Å². The van der Waals surface area contributed by atoms with E-state index in [1.165, 1.54) is 10.6 Å². The van der Waals surface area contributed by atoms with E-state index >= 15 is 0 Å². The van der Waals surface area contributed by atoms with Crippen molar-refractivity contribution >= 4 is 11.9 Å². The first kappa shape index (κ1) is 16.3. The van der Waals surface area contributed by atoms with Crippen LogP contribution in [0.2, 0.25) is 0 Å².